The van der Waals surface area contributed by atoms with Crippen LogP contribution in [0.25, 0.3) is 0 Å². The summed E-state index contributed by atoms with van der Waals surface area (Å²) in [5.74, 6) is 0.0429. The van der Waals surface area contributed by atoms with E-state index in [0.29, 0.717) is 45.6 Å². The fraction of sp³-hybridized carbons (Fsp3) is 0.562. The Kier molecular flexibility index (Phi) is 6.41. The molecule has 128 valence electrons. The van der Waals surface area contributed by atoms with Crippen LogP contribution in [-0.2, 0) is 14.8 Å². The van der Waals surface area contributed by atoms with Crippen molar-refractivity contribution in [2.45, 2.75) is 19.8 Å². The standard InChI is InChI=1S/C16H25N3O3S/c1-2-16(20)17-9-6-14-23(21,22)19-12-10-18(11-13-19)15-7-4-3-5-8-15/h3-5,7-8H,2,6,9-14H2,1H3,(H,17,20). The van der Waals surface area contributed by atoms with E-state index in [-0.39, 0.29) is 11.7 Å². The van der Waals surface area contributed by atoms with Gasteiger partial charge in [-0.1, -0.05) is 25.1 Å². The maximum absolute atomic E-state index is 12.3. The number of nitrogens with zero attached hydrogens (tertiary/aromatic N) is 2. The summed E-state index contributed by atoms with van der Waals surface area (Å²) in [7, 11) is -3.24. The highest BCUT2D eigenvalue weighted by atomic mass is 32.2. The predicted octanol–water partition coefficient (Wildman–Crippen LogP) is 1.05. The molecule has 0 spiro atoms. The Hall–Kier alpha value is -1.60. The van der Waals surface area contributed by atoms with Gasteiger partial charge in [-0.05, 0) is 18.6 Å². The summed E-state index contributed by atoms with van der Waals surface area (Å²) in [5, 5.41) is 2.71. The van der Waals surface area contributed by atoms with Crippen molar-refractivity contribution in [1.29, 1.82) is 0 Å². The summed E-state index contributed by atoms with van der Waals surface area (Å²) >= 11 is 0. The number of benzene rings is 1. The molecule has 7 heteroatoms. The van der Waals surface area contributed by atoms with E-state index in [4.69, 9.17) is 0 Å². The lowest BCUT2D eigenvalue weighted by Crippen LogP contribution is -2.49. The summed E-state index contributed by atoms with van der Waals surface area (Å²) in [4.78, 5) is 13.3. The molecule has 0 unspecified atom stereocenters. The first-order valence-electron chi connectivity index (χ1n) is 8.07. The molecule has 0 atom stereocenters. The second-order valence-electron chi connectivity index (χ2n) is 5.59. The maximum atomic E-state index is 12.3. The highest BCUT2D eigenvalue weighted by Gasteiger charge is 2.26. The van der Waals surface area contributed by atoms with Crippen molar-refractivity contribution in [2.24, 2.45) is 0 Å². The minimum atomic E-state index is -3.24. The molecule has 0 bridgehead atoms. The smallest absolute Gasteiger partial charge is 0.219 e. The molecular formula is C16H25N3O3S. The average Bonchev–Trinajstić information content (AvgIpc) is 2.59. The second-order valence-corrected chi connectivity index (χ2v) is 7.68. The first-order valence-corrected chi connectivity index (χ1v) is 9.68. The number of hydrogen-bond acceptors (Lipinski definition) is 4. The third-order valence-corrected chi connectivity index (χ3v) is 5.93. The number of para-hydroxylation sites is 1. The van der Waals surface area contributed by atoms with E-state index in [1.54, 1.807) is 11.2 Å². The Bertz CT molecular complexity index is 596. The average molecular weight is 339 g/mol. The first kappa shape index (κ1) is 17.7. The van der Waals surface area contributed by atoms with Crippen molar-refractivity contribution >= 4 is 21.6 Å². The van der Waals surface area contributed by atoms with Gasteiger partial charge in [-0.2, -0.15) is 4.31 Å². The fourth-order valence-electron chi connectivity index (χ4n) is 2.60. The van der Waals surface area contributed by atoms with Crippen LogP contribution in [0.5, 0.6) is 0 Å². The van der Waals surface area contributed by atoms with Crippen molar-refractivity contribution in [1.82, 2.24) is 9.62 Å². The molecule has 1 N–H and O–H groups in total. The van der Waals surface area contributed by atoms with E-state index >= 15 is 0 Å². The Balaban J connectivity index is 1.78. The van der Waals surface area contributed by atoms with Crippen LogP contribution >= 0.6 is 0 Å². The molecule has 1 aromatic carbocycles. The Morgan fingerprint density at radius 2 is 1.78 bits per heavy atom. The van der Waals surface area contributed by atoms with Gasteiger partial charge in [0.1, 0.15) is 0 Å². The number of anilines is 1. The lowest BCUT2D eigenvalue weighted by atomic mass is 10.2. The summed E-state index contributed by atoms with van der Waals surface area (Å²) in [6.07, 6.45) is 0.876. The molecule has 1 aliphatic heterocycles. The van der Waals surface area contributed by atoms with Gasteiger partial charge >= 0.3 is 0 Å². The summed E-state index contributed by atoms with van der Waals surface area (Å²) in [5.41, 5.74) is 1.13. The molecule has 0 radical (unpaired) electrons. The maximum Gasteiger partial charge on any atom is 0.219 e. The second kappa shape index (κ2) is 8.31. The SMILES string of the molecule is CCC(=O)NCCCS(=O)(=O)N1CCN(c2ccccc2)CC1. The van der Waals surface area contributed by atoms with Crippen LogP contribution in [0, 0.1) is 0 Å². The zero-order valence-electron chi connectivity index (χ0n) is 13.6. The van der Waals surface area contributed by atoms with Gasteiger partial charge in [-0.25, -0.2) is 8.42 Å². The van der Waals surface area contributed by atoms with Crippen LogP contribution in [0.15, 0.2) is 30.3 Å². The predicted molar refractivity (Wildman–Crippen MR) is 91.9 cm³/mol. The number of hydrogen-bond donors (Lipinski definition) is 1. The Labute approximate surface area is 138 Å². The van der Waals surface area contributed by atoms with Gasteiger partial charge in [-0.3, -0.25) is 4.79 Å². The van der Waals surface area contributed by atoms with Crippen LogP contribution in [-0.4, -0.2) is 57.1 Å². The van der Waals surface area contributed by atoms with Crippen LogP contribution in [0.1, 0.15) is 19.8 Å². The first-order chi connectivity index (χ1) is 11.0. The highest BCUT2D eigenvalue weighted by molar-refractivity contribution is 7.89. The van der Waals surface area contributed by atoms with E-state index in [1.165, 1.54) is 0 Å². The minimum absolute atomic E-state index is 0.0427. The van der Waals surface area contributed by atoms with Crippen molar-refractivity contribution in [2.75, 3.05) is 43.4 Å². The number of rotatable bonds is 7. The third kappa shape index (κ3) is 5.21. The summed E-state index contributed by atoms with van der Waals surface area (Å²) in [6, 6.07) is 10.0. The van der Waals surface area contributed by atoms with Crippen molar-refractivity contribution in [3.63, 3.8) is 0 Å². The van der Waals surface area contributed by atoms with Crippen LogP contribution in [0.4, 0.5) is 5.69 Å². The molecule has 0 saturated carbocycles. The summed E-state index contributed by atoms with van der Waals surface area (Å²) < 4.78 is 26.2. The van der Waals surface area contributed by atoms with Crippen LogP contribution in [0.3, 0.4) is 0 Å². The minimum Gasteiger partial charge on any atom is -0.369 e. The Morgan fingerprint density at radius 1 is 1.13 bits per heavy atom. The van der Waals surface area contributed by atoms with Gasteiger partial charge in [0.25, 0.3) is 0 Å². The van der Waals surface area contributed by atoms with Crippen LogP contribution in [0.2, 0.25) is 0 Å². The number of piperazine rings is 1. The molecular weight excluding hydrogens is 314 g/mol. The third-order valence-electron chi connectivity index (χ3n) is 3.98. The van der Waals surface area contributed by atoms with Crippen LogP contribution < -0.4 is 10.2 Å². The van der Waals surface area contributed by atoms with Gasteiger partial charge in [-0.15, -0.1) is 0 Å². The molecule has 1 amide bonds. The van der Waals surface area contributed by atoms with Gasteiger partial charge < -0.3 is 10.2 Å². The molecule has 6 nitrogen and oxygen atoms in total. The number of sulfonamides is 1. The van der Waals surface area contributed by atoms with Gasteiger partial charge in [0.15, 0.2) is 0 Å². The molecule has 1 aromatic rings. The molecule has 2 rings (SSSR count). The zero-order valence-corrected chi connectivity index (χ0v) is 14.4. The molecule has 1 heterocycles. The number of amides is 1. The monoisotopic (exact) mass is 339 g/mol. The topological polar surface area (TPSA) is 69.7 Å². The largest absolute Gasteiger partial charge is 0.369 e. The molecule has 0 aliphatic carbocycles. The fourth-order valence-corrected chi connectivity index (χ4v) is 4.09. The van der Waals surface area contributed by atoms with Crippen molar-refractivity contribution in [3.05, 3.63) is 30.3 Å². The molecule has 1 aliphatic rings. The van der Waals surface area contributed by atoms with E-state index in [9.17, 15) is 13.2 Å². The molecule has 1 fully saturated rings. The lowest BCUT2D eigenvalue weighted by molar-refractivity contribution is -0.120. The van der Waals surface area contributed by atoms with E-state index < -0.39 is 10.0 Å². The Morgan fingerprint density at radius 3 is 2.39 bits per heavy atom. The lowest BCUT2D eigenvalue weighted by Gasteiger charge is -2.35. The molecule has 23 heavy (non-hydrogen) atoms. The quantitative estimate of drug-likeness (QED) is 0.754. The number of carbonyl (C=O) groups is 1. The molecule has 1 saturated heterocycles. The zero-order chi connectivity index (χ0) is 16.7. The van der Waals surface area contributed by atoms with E-state index in [0.717, 1.165) is 5.69 Å². The highest BCUT2D eigenvalue weighted by Crippen LogP contribution is 2.17. The summed E-state index contributed by atoms with van der Waals surface area (Å²) in [6.45, 7) is 4.62. The number of carbonyl (C=O) groups excluding carboxylic acids is 1. The van der Waals surface area contributed by atoms with Gasteiger partial charge in [0.2, 0.25) is 15.9 Å². The number of nitrogens with one attached hydrogen (secondary N) is 1. The van der Waals surface area contributed by atoms with Crippen molar-refractivity contribution in [3.8, 4) is 0 Å². The molecule has 0 aromatic heterocycles. The van der Waals surface area contributed by atoms with E-state index in [1.807, 2.05) is 30.3 Å². The van der Waals surface area contributed by atoms with Crippen molar-refractivity contribution < 1.29 is 13.2 Å². The van der Waals surface area contributed by atoms with Gasteiger partial charge in [0, 0.05) is 44.8 Å². The van der Waals surface area contributed by atoms with Gasteiger partial charge in [0.05, 0.1) is 5.75 Å². The normalized spacial score (nSPS) is 16.3. The van der Waals surface area contributed by atoms with E-state index in [2.05, 4.69) is 10.2 Å².